The van der Waals surface area contributed by atoms with Gasteiger partial charge in [-0.05, 0) is 37.1 Å². The van der Waals surface area contributed by atoms with Gasteiger partial charge in [-0.15, -0.1) is 0 Å². The summed E-state index contributed by atoms with van der Waals surface area (Å²) in [6, 6.07) is 7.14. The van der Waals surface area contributed by atoms with E-state index in [2.05, 4.69) is 15.0 Å². The number of H-pyrrole nitrogens is 1. The second kappa shape index (κ2) is 8.09. The third-order valence-corrected chi connectivity index (χ3v) is 5.37. The topological polar surface area (TPSA) is 139 Å². The van der Waals surface area contributed by atoms with Crippen molar-refractivity contribution < 1.29 is 4.55 Å². The number of nitrogens with zero attached hydrogens (tertiary/aromatic N) is 3. The van der Waals surface area contributed by atoms with Gasteiger partial charge in [-0.3, -0.25) is 4.57 Å². The molecule has 3 aromatic rings. The first-order valence-electron chi connectivity index (χ1n) is 8.08. The van der Waals surface area contributed by atoms with Gasteiger partial charge in [0.15, 0.2) is 11.5 Å². The molecule has 8 nitrogen and oxygen atoms in total. The lowest BCUT2D eigenvalue weighted by atomic mass is 10.2. The lowest BCUT2D eigenvalue weighted by molar-refractivity contribution is 0.582. The van der Waals surface area contributed by atoms with Crippen molar-refractivity contribution in [2.24, 2.45) is 5.73 Å². The average molecular weight is 395 g/mol. The molecule has 26 heavy (non-hydrogen) atoms. The number of hydrogen-bond acceptors (Lipinski definition) is 6. The minimum atomic E-state index is -1.40. The highest BCUT2D eigenvalue weighted by Gasteiger charge is 2.21. The van der Waals surface area contributed by atoms with Crippen molar-refractivity contribution in [1.82, 2.24) is 19.5 Å². The van der Waals surface area contributed by atoms with Gasteiger partial charge in [0.05, 0.1) is 6.54 Å². The molecule has 2 heterocycles. The number of rotatable bonds is 7. The van der Waals surface area contributed by atoms with E-state index in [9.17, 15) is 9.35 Å². The van der Waals surface area contributed by atoms with Gasteiger partial charge >= 0.3 is 10.8 Å². The Morgan fingerprint density at radius 2 is 1.96 bits per heavy atom. The first kappa shape index (κ1) is 18.7. The predicted octanol–water partition coefficient (Wildman–Crippen LogP) is 1.25. The van der Waals surface area contributed by atoms with E-state index in [0.29, 0.717) is 34.9 Å². The third-order valence-electron chi connectivity index (χ3n) is 3.87. The van der Waals surface area contributed by atoms with Crippen molar-refractivity contribution in [1.29, 1.82) is 0 Å². The number of anilines is 1. The van der Waals surface area contributed by atoms with E-state index in [0.717, 1.165) is 12.0 Å². The Hall–Kier alpha value is -2.07. The smallest absolute Gasteiger partial charge is 0.346 e. The molecule has 0 aliphatic carbocycles. The van der Waals surface area contributed by atoms with Crippen molar-refractivity contribution in [3.05, 3.63) is 45.3 Å². The van der Waals surface area contributed by atoms with Crippen LogP contribution in [0.3, 0.4) is 0 Å². The van der Waals surface area contributed by atoms with Crippen molar-refractivity contribution >= 4 is 39.8 Å². The van der Waals surface area contributed by atoms with Crippen LogP contribution in [0, 0.1) is 0 Å². The molecule has 0 aliphatic rings. The average Bonchev–Trinajstić information content (AvgIpc) is 2.93. The van der Waals surface area contributed by atoms with E-state index >= 15 is 0 Å². The van der Waals surface area contributed by atoms with Crippen molar-refractivity contribution in [3.63, 3.8) is 0 Å². The van der Waals surface area contributed by atoms with Crippen molar-refractivity contribution in [2.75, 3.05) is 18.0 Å². The summed E-state index contributed by atoms with van der Waals surface area (Å²) >= 11 is 4.49. The summed E-state index contributed by atoms with van der Waals surface area (Å²) in [5.74, 6) is 0.498. The normalized spacial score (nSPS) is 12.6. The van der Waals surface area contributed by atoms with Crippen LogP contribution >= 0.6 is 11.6 Å². The van der Waals surface area contributed by atoms with Crippen LogP contribution in [0.1, 0.15) is 18.4 Å². The molecule has 0 saturated heterocycles. The van der Waals surface area contributed by atoms with Crippen molar-refractivity contribution in [2.45, 2.75) is 24.5 Å². The Balaban J connectivity index is 1.96. The number of hydrogen-bond donors (Lipinski definition) is 3. The van der Waals surface area contributed by atoms with Gasteiger partial charge < -0.3 is 21.0 Å². The molecule has 0 amide bonds. The molecule has 0 bridgehead atoms. The molecule has 138 valence electrons. The molecular formula is C16H19ClN6O2S. The molecular weight excluding hydrogens is 376 g/mol. The van der Waals surface area contributed by atoms with Crippen molar-refractivity contribution in [3.8, 4) is 0 Å². The summed E-state index contributed by atoms with van der Waals surface area (Å²) in [6.45, 7) is 0.823. The third kappa shape index (κ3) is 4.01. The maximum Gasteiger partial charge on any atom is 0.346 e. The summed E-state index contributed by atoms with van der Waals surface area (Å²) in [4.78, 5) is 23.4. The van der Waals surface area contributed by atoms with Gasteiger partial charge in [0.1, 0.15) is 11.3 Å². The van der Waals surface area contributed by atoms with Gasteiger partial charge in [-0.1, -0.05) is 23.7 Å². The summed E-state index contributed by atoms with van der Waals surface area (Å²) in [5.41, 5.74) is 12.6. The number of nitrogen functional groups attached to an aromatic ring is 1. The lowest BCUT2D eigenvalue weighted by Gasteiger charge is -2.09. The molecule has 3 rings (SSSR count). The van der Waals surface area contributed by atoms with Crippen LogP contribution in [-0.2, 0) is 17.7 Å². The molecule has 0 saturated carbocycles. The quantitative estimate of drug-likeness (QED) is 0.313. The highest BCUT2D eigenvalue weighted by Crippen LogP contribution is 2.19. The fourth-order valence-electron chi connectivity index (χ4n) is 2.52. The molecule has 1 unspecified atom stereocenters. The minimum absolute atomic E-state index is 0.101. The van der Waals surface area contributed by atoms with E-state index < -0.39 is 11.2 Å². The molecule has 1 atom stereocenters. The van der Waals surface area contributed by atoms with Gasteiger partial charge in [-0.2, -0.15) is 9.97 Å². The Kier molecular flexibility index (Phi) is 5.82. The Morgan fingerprint density at radius 1 is 1.23 bits per heavy atom. The fourth-order valence-corrected chi connectivity index (χ4v) is 3.68. The van der Waals surface area contributed by atoms with Crippen LogP contribution in [-0.4, -0.2) is 36.4 Å². The molecule has 0 radical (unpaired) electrons. The minimum Gasteiger partial charge on any atom is -0.609 e. The summed E-state index contributed by atoms with van der Waals surface area (Å²) < 4.78 is 13.8. The summed E-state index contributed by atoms with van der Waals surface area (Å²) in [6.07, 6.45) is 1.48. The fraction of sp³-hybridized carbons (Fsp3) is 0.312. The Morgan fingerprint density at radius 3 is 2.65 bits per heavy atom. The second-order valence-corrected chi connectivity index (χ2v) is 7.68. The highest BCUT2D eigenvalue weighted by molar-refractivity contribution is 7.91. The van der Waals surface area contributed by atoms with E-state index in [4.69, 9.17) is 23.1 Å². The standard InChI is InChI=1S/C16H19ClN6O2S/c17-11-5-3-10(4-6-11)9-23-14-12(20-16(23)24)13(19)21-15(22-14)26(25)8-2-1-7-18/h3-6H,1-2,7-9,18H2,(H,20,24)(H2,19,21,22). The van der Waals surface area contributed by atoms with Gasteiger partial charge in [0.2, 0.25) is 0 Å². The predicted molar refractivity (Wildman–Crippen MR) is 103 cm³/mol. The van der Waals surface area contributed by atoms with Crippen LogP contribution < -0.4 is 17.2 Å². The van der Waals surface area contributed by atoms with Gasteiger partial charge in [-0.25, -0.2) is 4.79 Å². The van der Waals surface area contributed by atoms with Crippen LogP contribution in [0.5, 0.6) is 0 Å². The Labute approximate surface area is 157 Å². The molecule has 1 aromatic carbocycles. The summed E-state index contributed by atoms with van der Waals surface area (Å²) in [5, 5.41) is 0.734. The maximum atomic E-state index is 12.4. The number of unbranched alkanes of at least 4 members (excludes halogenated alkanes) is 1. The van der Waals surface area contributed by atoms with E-state index in [1.807, 2.05) is 12.1 Å². The number of benzene rings is 1. The highest BCUT2D eigenvalue weighted by atomic mass is 35.5. The van der Waals surface area contributed by atoms with E-state index in [-0.39, 0.29) is 23.2 Å². The largest absolute Gasteiger partial charge is 0.609 e. The number of imidazole rings is 1. The molecule has 0 aliphatic heterocycles. The van der Waals surface area contributed by atoms with E-state index in [1.54, 1.807) is 12.1 Å². The summed E-state index contributed by atoms with van der Waals surface area (Å²) in [7, 11) is 0. The number of aromatic amines is 1. The maximum absolute atomic E-state index is 12.4. The second-order valence-electron chi connectivity index (χ2n) is 5.78. The van der Waals surface area contributed by atoms with Gasteiger partial charge in [0, 0.05) is 16.2 Å². The molecule has 10 heteroatoms. The molecule has 0 spiro atoms. The zero-order valence-electron chi connectivity index (χ0n) is 13.9. The number of nitrogens with one attached hydrogen (secondary N) is 1. The van der Waals surface area contributed by atoms with Gasteiger partial charge in [0.25, 0.3) is 0 Å². The Bertz CT molecular complexity index is 956. The molecule has 2 aromatic heterocycles. The van der Waals surface area contributed by atoms with Crippen LogP contribution in [0.2, 0.25) is 5.02 Å². The number of aromatic nitrogens is 4. The van der Waals surface area contributed by atoms with E-state index in [1.165, 1.54) is 4.57 Å². The number of fused-ring (bicyclic) bond motifs is 1. The number of halogens is 1. The molecule has 5 N–H and O–H groups in total. The zero-order chi connectivity index (χ0) is 18.7. The first-order valence-corrected chi connectivity index (χ1v) is 9.78. The first-order chi connectivity index (χ1) is 12.5. The number of nitrogens with two attached hydrogens (primary N) is 2. The van der Waals surface area contributed by atoms with Crippen LogP contribution in [0.25, 0.3) is 11.2 Å². The lowest BCUT2D eigenvalue weighted by Crippen LogP contribution is -2.18. The van der Waals surface area contributed by atoms with Crippen LogP contribution in [0.15, 0.2) is 34.2 Å². The van der Waals surface area contributed by atoms with Crippen LogP contribution in [0.4, 0.5) is 5.82 Å². The SMILES string of the molecule is NCCCC[S+]([O-])c1nc(N)c2[nH]c(=O)n(Cc3ccc(Cl)cc3)c2n1. The monoisotopic (exact) mass is 394 g/mol. The zero-order valence-corrected chi connectivity index (χ0v) is 15.5. The molecule has 0 fully saturated rings.